The van der Waals surface area contributed by atoms with E-state index in [4.69, 9.17) is 14.7 Å². The number of carbonyl (C=O) groups excluding carboxylic acids is 1. The van der Waals surface area contributed by atoms with Gasteiger partial charge in [0.2, 0.25) is 0 Å². The van der Waals surface area contributed by atoms with Gasteiger partial charge in [-0.05, 0) is 56.0 Å². The van der Waals surface area contributed by atoms with Crippen molar-refractivity contribution in [2.45, 2.75) is 86.5 Å². The lowest BCUT2D eigenvalue weighted by molar-refractivity contribution is -0.104. The third-order valence-corrected chi connectivity index (χ3v) is 7.42. The number of hydrogen-bond donors (Lipinski definition) is 0. The van der Waals surface area contributed by atoms with Gasteiger partial charge < -0.3 is 19.3 Å². The molecule has 2 aromatic carbocycles. The topological polar surface area (TPSA) is 65.8 Å². The van der Waals surface area contributed by atoms with Crippen LogP contribution in [0.3, 0.4) is 0 Å². The van der Waals surface area contributed by atoms with E-state index in [1.807, 2.05) is 30.4 Å². The fraction of sp³-hybridized carbons (Fsp3) is 0.463. The first-order valence-electron chi connectivity index (χ1n) is 16.9. The van der Waals surface area contributed by atoms with Crippen LogP contribution in [0.25, 0.3) is 12.2 Å². The van der Waals surface area contributed by atoms with Crippen molar-refractivity contribution in [2.75, 3.05) is 50.2 Å². The molecule has 6 heteroatoms. The second-order valence-corrected chi connectivity index (χ2v) is 11.0. The standard InChI is InChI=1S/C20H28N2O.C20H29NO2.CH4/c1-4-6-15-22(16-7-5-2)19-13-12-18(20(17-19)23-3)11-9-8-10-14-21;1-4-6-14-21(15-7-5-2)19-13-12-18(20(17-19)23-3)11-9-8-10-16-22;/h8-13,17H,4-7,15-16H2,1-3H3;8-13,16-17H,4-7,14-15H2,1-3H3;1H4/b10-8?,11-9+;10-8+,11-9+;. The molecule has 0 radical (unpaired) electrons. The number of aldehydes is 1. The van der Waals surface area contributed by atoms with Crippen LogP contribution >= 0.6 is 0 Å². The Bertz CT molecular complexity index is 1260. The van der Waals surface area contributed by atoms with Crippen LogP contribution in [-0.2, 0) is 4.79 Å². The first-order valence-corrected chi connectivity index (χ1v) is 16.9. The van der Waals surface area contributed by atoms with E-state index in [1.165, 1.54) is 74.9 Å². The van der Waals surface area contributed by atoms with E-state index in [0.717, 1.165) is 55.1 Å². The van der Waals surface area contributed by atoms with Gasteiger partial charge in [0.25, 0.3) is 0 Å². The van der Waals surface area contributed by atoms with E-state index in [-0.39, 0.29) is 7.43 Å². The third kappa shape index (κ3) is 17.3. The van der Waals surface area contributed by atoms with Gasteiger partial charge in [0.15, 0.2) is 0 Å². The predicted molar refractivity (Wildman–Crippen MR) is 205 cm³/mol. The Kier molecular flexibility index (Phi) is 25.5. The summed E-state index contributed by atoms with van der Waals surface area (Å²) in [6.07, 6.45) is 24.3. The van der Waals surface area contributed by atoms with Crippen LogP contribution < -0.4 is 19.3 Å². The molecule has 0 aliphatic heterocycles. The van der Waals surface area contributed by atoms with E-state index in [2.05, 4.69) is 73.9 Å². The fourth-order valence-electron chi connectivity index (χ4n) is 4.73. The maximum absolute atomic E-state index is 10.3. The van der Waals surface area contributed by atoms with Crippen molar-refractivity contribution in [3.05, 3.63) is 84.0 Å². The van der Waals surface area contributed by atoms with Crippen LogP contribution in [0.2, 0.25) is 0 Å². The zero-order chi connectivity index (χ0) is 33.8. The van der Waals surface area contributed by atoms with Crippen LogP contribution in [-0.4, -0.2) is 46.7 Å². The Morgan fingerprint density at radius 3 is 1.38 bits per heavy atom. The lowest BCUT2D eigenvalue weighted by Crippen LogP contribution is -2.25. The first kappa shape index (κ1) is 42.8. The van der Waals surface area contributed by atoms with E-state index in [0.29, 0.717) is 0 Å². The Morgan fingerprint density at radius 1 is 0.638 bits per heavy atom. The van der Waals surface area contributed by atoms with Crippen LogP contribution in [0, 0.1) is 11.3 Å². The molecular weight excluding hydrogens is 582 g/mol. The number of allylic oxidation sites excluding steroid dienone is 6. The Morgan fingerprint density at radius 2 is 1.04 bits per heavy atom. The van der Waals surface area contributed by atoms with Crippen molar-refractivity contribution in [2.24, 2.45) is 0 Å². The van der Waals surface area contributed by atoms with Gasteiger partial charge in [0.1, 0.15) is 17.8 Å². The second-order valence-electron chi connectivity index (χ2n) is 11.0. The van der Waals surface area contributed by atoms with Crippen LogP contribution in [0.4, 0.5) is 11.4 Å². The minimum absolute atomic E-state index is 0. The SMILES string of the molecule is C.CCCCN(CCCC)c1ccc(/C=C/C=C/C=O)c(OC)c1.CCCCN(CCCC)c1ccc(/C=C/C=CC#N)c(OC)c1. The molecule has 0 bridgehead atoms. The summed E-state index contributed by atoms with van der Waals surface area (Å²) in [5, 5.41) is 8.50. The number of carbonyl (C=O) groups is 1. The largest absolute Gasteiger partial charge is 0.496 e. The maximum Gasteiger partial charge on any atom is 0.142 e. The van der Waals surface area contributed by atoms with Crippen molar-refractivity contribution in [3.8, 4) is 17.6 Å². The average Bonchev–Trinajstić information content (AvgIpc) is 3.09. The minimum atomic E-state index is 0. The molecular formula is C41H61N3O3. The zero-order valence-corrected chi connectivity index (χ0v) is 29.2. The number of benzene rings is 2. The number of hydrogen-bond acceptors (Lipinski definition) is 6. The van der Waals surface area contributed by atoms with Crippen molar-refractivity contribution in [1.82, 2.24) is 0 Å². The van der Waals surface area contributed by atoms with E-state index < -0.39 is 0 Å². The molecule has 0 aliphatic carbocycles. The Hall–Kier alpha value is -4.24. The molecule has 0 aliphatic rings. The normalized spacial score (nSPS) is 10.9. The first-order chi connectivity index (χ1) is 22.5. The molecule has 0 N–H and O–H groups in total. The molecule has 0 fully saturated rings. The highest BCUT2D eigenvalue weighted by atomic mass is 16.5. The van der Waals surface area contributed by atoms with Gasteiger partial charge in [-0.15, -0.1) is 0 Å². The molecule has 6 nitrogen and oxygen atoms in total. The van der Waals surface area contributed by atoms with Gasteiger partial charge in [0.05, 0.1) is 20.3 Å². The molecule has 0 spiro atoms. The van der Waals surface area contributed by atoms with Crippen molar-refractivity contribution in [3.63, 3.8) is 0 Å². The molecule has 2 rings (SSSR count). The van der Waals surface area contributed by atoms with Crippen LogP contribution in [0.15, 0.2) is 72.9 Å². The molecule has 0 saturated heterocycles. The van der Waals surface area contributed by atoms with E-state index in [1.54, 1.807) is 26.4 Å². The zero-order valence-electron chi connectivity index (χ0n) is 29.2. The van der Waals surface area contributed by atoms with Crippen LogP contribution in [0.1, 0.15) is 97.6 Å². The molecule has 2 aromatic rings. The van der Waals surface area contributed by atoms with Gasteiger partial charge in [-0.1, -0.05) is 97.3 Å². The quantitative estimate of drug-likeness (QED) is 0.0584. The van der Waals surface area contributed by atoms with Crippen molar-refractivity contribution >= 4 is 29.8 Å². The summed E-state index contributed by atoms with van der Waals surface area (Å²) < 4.78 is 11.1. The van der Waals surface area contributed by atoms with E-state index in [9.17, 15) is 4.79 Å². The highest BCUT2D eigenvalue weighted by molar-refractivity contribution is 5.68. The number of nitriles is 1. The maximum atomic E-state index is 10.3. The average molecular weight is 644 g/mol. The van der Waals surface area contributed by atoms with Gasteiger partial charge in [0, 0.05) is 66.9 Å². The number of rotatable bonds is 21. The van der Waals surface area contributed by atoms with Gasteiger partial charge in [-0.2, -0.15) is 5.26 Å². The lowest BCUT2D eigenvalue weighted by Gasteiger charge is -2.25. The van der Waals surface area contributed by atoms with Crippen molar-refractivity contribution in [1.29, 1.82) is 5.26 Å². The summed E-state index contributed by atoms with van der Waals surface area (Å²) in [6, 6.07) is 14.6. The number of nitrogens with zero attached hydrogens (tertiary/aromatic N) is 3. The van der Waals surface area contributed by atoms with Gasteiger partial charge in [-0.3, -0.25) is 4.79 Å². The summed E-state index contributed by atoms with van der Waals surface area (Å²) in [5.41, 5.74) is 4.46. The highest BCUT2D eigenvalue weighted by Crippen LogP contribution is 2.28. The molecule has 0 unspecified atom stereocenters. The monoisotopic (exact) mass is 643 g/mol. The Balaban J connectivity index is 0.000000882. The number of unbranched alkanes of at least 4 members (excludes halogenated alkanes) is 4. The van der Waals surface area contributed by atoms with E-state index >= 15 is 0 Å². The van der Waals surface area contributed by atoms with Crippen molar-refractivity contribution < 1.29 is 14.3 Å². The van der Waals surface area contributed by atoms with Gasteiger partial charge in [-0.25, -0.2) is 0 Å². The predicted octanol–water partition coefficient (Wildman–Crippen LogP) is 10.7. The molecule has 0 saturated carbocycles. The summed E-state index contributed by atoms with van der Waals surface area (Å²) >= 11 is 0. The molecule has 0 heterocycles. The smallest absolute Gasteiger partial charge is 0.142 e. The fourth-order valence-corrected chi connectivity index (χ4v) is 4.73. The number of ether oxygens (including phenoxy) is 2. The lowest BCUT2D eigenvalue weighted by atomic mass is 10.1. The summed E-state index contributed by atoms with van der Waals surface area (Å²) in [6.45, 7) is 13.2. The molecule has 0 aromatic heterocycles. The van der Waals surface area contributed by atoms with Crippen LogP contribution in [0.5, 0.6) is 11.5 Å². The molecule has 0 amide bonds. The summed E-state index contributed by atoms with van der Waals surface area (Å²) in [4.78, 5) is 15.2. The molecule has 47 heavy (non-hydrogen) atoms. The van der Waals surface area contributed by atoms with Gasteiger partial charge >= 0.3 is 0 Å². The minimum Gasteiger partial charge on any atom is -0.496 e. The number of anilines is 2. The number of methoxy groups -OCH3 is 2. The Labute approximate surface area is 287 Å². The third-order valence-electron chi connectivity index (χ3n) is 7.42. The molecule has 258 valence electrons. The summed E-state index contributed by atoms with van der Waals surface area (Å²) in [7, 11) is 3.39. The highest BCUT2D eigenvalue weighted by Gasteiger charge is 2.10. The molecule has 0 atom stereocenters. The second kappa shape index (κ2) is 28.0. The summed E-state index contributed by atoms with van der Waals surface area (Å²) in [5.74, 6) is 1.72.